The summed E-state index contributed by atoms with van der Waals surface area (Å²) in [4.78, 5) is 10.8. The predicted octanol–water partition coefficient (Wildman–Crippen LogP) is 1.58. The van der Waals surface area contributed by atoms with Crippen molar-refractivity contribution in [3.8, 4) is 5.88 Å². The second-order valence-corrected chi connectivity index (χ2v) is 4.51. The normalized spacial score (nSPS) is 11.0. The topological polar surface area (TPSA) is 50.3 Å². The molecule has 0 unspecified atom stereocenters. The fraction of sp³-hybridized carbons (Fsp3) is 0.667. The van der Waals surface area contributed by atoms with Crippen LogP contribution in [0.4, 0.5) is 5.82 Å². The van der Waals surface area contributed by atoms with E-state index in [1.54, 1.807) is 0 Å². The standard InChI is InChI=1S/C12H22N4O/c1-9(2)12-14-10(13-3)8-11(15-12)17-7-6-16(4)5/h8-9H,6-7H2,1-5H3,(H,13,14,15). The van der Waals surface area contributed by atoms with Crippen molar-refractivity contribution in [1.29, 1.82) is 0 Å². The van der Waals surface area contributed by atoms with E-state index in [1.807, 2.05) is 27.2 Å². The first-order chi connectivity index (χ1) is 8.02. The van der Waals surface area contributed by atoms with Gasteiger partial charge >= 0.3 is 0 Å². The average molecular weight is 238 g/mol. The lowest BCUT2D eigenvalue weighted by Crippen LogP contribution is -2.20. The maximum Gasteiger partial charge on any atom is 0.218 e. The van der Waals surface area contributed by atoms with Crippen molar-refractivity contribution in [1.82, 2.24) is 14.9 Å². The molecule has 5 nitrogen and oxygen atoms in total. The Morgan fingerprint density at radius 1 is 1.35 bits per heavy atom. The lowest BCUT2D eigenvalue weighted by molar-refractivity contribution is 0.253. The fourth-order valence-electron chi connectivity index (χ4n) is 1.24. The van der Waals surface area contributed by atoms with Gasteiger partial charge in [-0.25, -0.2) is 4.98 Å². The van der Waals surface area contributed by atoms with E-state index in [0.29, 0.717) is 18.4 Å². The molecule has 0 aliphatic heterocycles. The summed E-state index contributed by atoms with van der Waals surface area (Å²) >= 11 is 0. The van der Waals surface area contributed by atoms with Crippen molar-refractivity contribution in [3.05, 3.63) is 11.9 Å². The first kappa shape index (κ1) is 13.7. The van der Waals surface area contributed by atoms with Crippen LogP contribution in [0.3, 0.4) is 0 Å². The summed E-state index contributed by atoms with van der Waals surface area (Å²) in [6, 6.07) is 1.82. The molecule has 1 heterocycles. The third-order valence-electron chi connectivity index (χ3n) is 2.28. The molecular formula is C12H22N4O. The van der Waals surface area contributed by atoms with Crippen LogP contribution < -0.4 is 10.1 Å². The molecule has 1 rings (SSSR count). The summed E-state index contributed by atoms with van der Waals surface area (Å²) in [6.07, 6.45) is 0. The molecule has 1 aromatic heterocycles. The van der Waals surface area contributed by atoms with Gasteiger partial charge in [0, 0.05) is 25.6 Å². The highest BCUT2D eigenvalue weighted by Gasteiger charge is 2.08. The van der Waals surface area contributed by atoms with Gasteiger partial charge < -0.3 is 15.0 Å². The van der Waals surface area contributed by atoms with Gasteiger partial charge in [-0.05, 0) is 14.1 Å². The molecule has 0 aliphatic carbocycles. The summed E-state index contributed by atoms with van der Waals surface area (Å²) in [6.45, 7) is 5.64. The van der Waals surface area contributed by atoms with Crippen LogP contribution in [0.5, 0.6) is 5.88 Å². The largest absolute Gasteiger partial charge is 0.476 e. The lowest BCUT2D eigenvalue weighted by atomic mass is 10.2. The molecule has 0 bridgehead atoms. The molecular weight excluding hydrogens is 216 g/mol. The first-order valence-corrected chi connectivity index (χ1v) is 5.87. The highest BCUT2D eigenvalue weighted by molar-refractivity contribution is 5.38. The van der Waals surface area contributed by atoms with Crippen LogP contribution >= 0.6 is 0 Å². The van der Waals surface area contributed by atoms with Crippen molar-refractivity contribution >= 4 is 5.82 Å². The molecule has 17 heavy (non-hydrogen) atoms. The number of nitrogens with zero attached hydrogens (tertiary/aromatic N) is 3. The van der Waals surface area contributed by atoms with Crippen LogP contribution in [-0.2, 0) is 0 Å². The summed E-state index contributed by atoms with van der Waals surface area (Å²) in [7, 11) is 5.87. The molecule has 0 amide bonds. The number of hydrogen-bond acceptors (Lipinski definition) is 5. The maximum absolute atomic E-state index is 5.62. The highest BCUT2D eigenvalue weighted by atomic mass is 16.5. The number of likely N-dealkylation sites (N-methyl/N-ethyl adjacent to an activating group) is 1. The van der Waals surface area contributed by atoms with E-state index in [9.17, 15) is 0 Å². The van der Waals surface area contributed by atoms with Crippen LogP contribution in [0.25, 0.3) is 0 Å². The second-order valence-electron chi connectivity index (χ2n) is 4.51. The third-order valence-corrected chi connectivity index (χ3v) is 2.28. The van der Waals surface area contributed by atoms with Crippen LogP contribution in [0.15, 0.2) is 6.07 Å². The first-order valence-electron chi connectivity index (χ1n) is 5.87. The Kier molecular flexibility index (Phi) is 5.15. The Morgan fingerprint density at radius 3 is 2.59 bits per heavy atom. The van der Waals surface area contributed by atoms with Gasteiger partial charge in [0.2, 0.25) is 5.88 Å². The van der Waals surface area contributed by atoms with Crippen molar-refractivity contribution < 1.29 is 4.74 Å². The monoisotopic (exact) mass is 238 g/mol. The van der Waals surface area contributed by atoms with Gasteiger partial charge in [-0.2, -0.15) is 4.98 Å². The van der Waals surface area contributed by atoms with Crippen molar-refractivity contribution in [2.75, 3.05) is 39.6 Å². The Balaban J connectivity index is 2.73. The Labute approximate surface area is 103 Å². The molecule has 0 fully saturated rings. The van der Waals surface area contributed by atoms with Crippen molar-refractivity contribution in [3.63, 3.8) is 0 Å². The zero-order valence-corrected chi connectivity index (χ0v) is 11.3. The third kappa shape index (κ3) is 4.56. The van der Waals surface area contributed by atoms with Crippen LogP contribution in [0.2, 0.25) is 0 Å². The second kappa shape index (κ2) is 6.39. The van der Waals surface area contributed by atoms with E-state index in [4.69, 9.17) is 4.74 Å². The molecule has 0 saturated heterocycles. The quantitative estimate of drug-likeness (QED) is 0.815. The number of nitrogens with one attached hydrogen (secondary N) is 1. The van der Waals surface area contributed by atoms with Gasteiger partial charge in [0.25, 0.3) is 0 Å². The zero-order valence-electron chi connectivity index (χ0n) is 11.3. The van der Waals surface area contributed by atoms with E-state index < -0.39 is 0 Å². The molecule has 0 saturated carbocycles. The summed E-state index contributed by atoms with van der Waals surface area (Å²) in [5, 5.41) is 3.02. The van der Waals surface area contributed by atoms with Gasteiger partial charge in [-0.15, -0.1) is 0 Å². The summed E-state index contributed by atoms with van der Waals surface area (Å²) in [5.41, 5.74) is 0. The van der Waals surface area contributed by atoms with Crippen molar-refractivity contribution in [2.45, 2.75) is 19.8 Å². The molecule has 0 aliphatic rings. The average Bonchev–Trinajstić information content (AvgIpc) is 2.28. The van der Waals surface area contributed by atoms with E-state index in [-0.39, 0.29) is 0 Å². The summed E-state index contributed by atoms with van der Waals surface area (Å²) in [5.74, 6) is 2.52. The smallest absolute Gasteiger partial charge is 0.218 e. The molecule has 96 valence electrons. The van der Waals surface area contributed by atoms with E-state index >= 15 is 0 Å². The molecule has 1 aromatic rings. The van der Waals surface area contributed by atoms with Crippen molar-refractivity contribution in [2.24, 2.45) is 0 Å². The molecule has 0 spiro atoms. The van der Waals surface area contributed by atoms with Crippen LogP contribution in [-0.4, -0.2) is 49.2 Å². The Hall–Kier alpha value is -1.36. The van der Waals surface area contributed by atoms with Gasteiger partial charge in [-0.1, -0.05) is 13.8 Å². The number of anilines is 1. The van der Waals surface area contributed by atoms with Gasteiger partial charge in [-0.3, -0.25) is 0 Å². The Morgan fingerprint density at radius 2 is 2.06 bits per heavy atom. The van der Waals surface area contributed by atoms with Crippen LogP contribution in [0, 0.1) is 0 Å². The highest BCUT2D eigenvalue weighted by Crippen LogP contribution is 2.18. The van der Waals surface area contributed by atoms with Gasteiger partial charge in [0.05, 0.1) is 0 Å². The zero-order chi connectivity index (χ0) is 12.8. The van der Waals surface area contributed by atoms with E-state index in [1.165, 1.54) is 0 Å². The molecule has 0 aromatic carbocycles. The van der Waals surface area contributed by atoms with Gasteiger partial charge in [0.15, 0.2) is 0 Å². The summed E-state index contributed by atoms with van der Waals surface area (Å²) < 4.78 is 5.62. The van der Waals surface area contributed by atoms with Gasteiger partial charge in [0.1, 0.15) is 18.2 Å². The molecule has 0 atom stereocenters. The SMILES string of the molecule is CNc1cc(OCCN(C)C)nc(C(C)C)n1. The minimum Gasteiger partial charge on any atom is -0.476 e. The number of hydrogen-bond donors (Lipinski definition) is 1. The number of rotatable bonds is 6. The molecule has 0 radical (unpaired) electrons. The number of aromatic nitrogens is 2. The lowest BCUT2D eigenvalue weighted by Gasteiger charge is -2.13. The van der Waals surface area contributed by atoms with Crippen LogP contribution in [0.1, 0.15) is 25.6 Å². The predicted molar refractivity (Wildman–Crippen MR) is 69.7 cm³/mol. The minimum atomic E-state index is 0.291. The number of ether oxygens (including phenoxy) is 1. The maximum atomic E-state index is 5.62. The van der Waals surface area contributed by atoms with E-state index in [2.05, 4.69) is 34.0 Å². The fourth-order valence-corrected chi connectivity index (χ4v) is 1.24. The molecule has 1 N–H and O–H groups in total. The van der Waals surface area contributed by atoms with E-state index in [0.717, 1.165) is 18.2 Å². The molecule has 5 heteroatoms. The minimum absolute atomic E-state index is 0.291. The Bertz CT molecular complexity index is 352.